The van der Waals surface area contributed by atoms with Crippen LogP contribution in [0.2, 0.25) is 0 Å². The summed E-state index contributed by atoms with van der Waals surface area (Å²) in [5.41, 5.74) is 1.29. The lowest BCUT2D eigenvalue weighted by molar-refractivity contribution is 0.318. The number of hydrogen-bond donors (Lipinski definition) is 0. The standard InChI is InChI=1S/C10H15N3/c1-9(2)12-6-4-10-3-5-11-13(10)8-7-12/h3,5,7-9H,4,6H2,1-2H3. The summed E-state index contributed by atoms with van der Waals surface area (Å²) in [6.45, 7) is 5.50. The van der Waals surface area contributed by atoms with E-state index in [1.54, 1.807) is 0 Å². The number of nitrogens with zero attached hydrogens (tertiary/aromatic N) is 3. The van der Waals surface area contributed by atoms with Crippen molar-refractivity contribution < 1.29 is 0 Å². The van der Waals surface area contributed by atoms with Gasteiger partial charge in [0.2, 0.25) is 0 Å². The zero-order valence-corrected chi connectivity index (χ0v) is 8.14. The normalized spacial score (nSPS) is 16.1. The Morgan fingerprint density at radius 2 is 2.23 bits per heavy atom. The topological polar surface area (TPSA) is 21.1 Å². The third-order valence-electron chi connectivity index (χ3n) is 2.44. The van der Waals surface area contributed by atoms with E-state index in [0.717, 1.165) is 13.0 Å². The SMILES string of the molecule is CC(C)N1C=Cn2nccc2CC1. The molecule has 0 fully saturated rings. The second kappa shape index (κ2) is 3.24. The van der Waals surface area contributed by atoms with E-state index in [-0.39, 0.29) is 0 Å². The quantitative estimate of drug-likeness (QED) is 0.649. The van der Waals surface area contributed by atoms with Crippen molar-refractivity contribution in [3.05, 3.63) is 24.2 Å². The summed E-state index contributed by atoms with van der Waals surface area (Å²) in [6.07, 6.45) is 7.08. The van der Waals surface area contributed by atoms with Gasteiger partial charge in [-0.05, 0) is 19.9 Å². The van der Waals surface area contributed by atoms with Crippen LogP contribution in [-0.4, -0.2) is 27.3 Å². The van der Waals surface area contributed by atoms with Crippen LogP contribution in [0.25, 0.3) is 6.20 Å². The maximum absolute atomic E-state index is 4.21. The molecule has 70 valence electrons. The number of fused-ring (bicyclic) bond motifs is 1. The van der Waals surface area contributed by atoms with Crippen molar-refractivity contribution in [1.29, 1.82) is 0 Å². The van der Waals surface area contributed by atoms with Gasteiger partial charge in [-0.1, -0.05) is 0 Å². The molecule has 0 bridgehead atoms. The van der Waals surface area contributed by atoms with Crippen LogP contribution in [0.15, 0.2) is 18.5 Å². The molecule has 0 amide bonds. The first-order valence-corrected chi connectivity index (χ1v) is 4.74. The van der Waals surface area contributed by atoms with Crippen molar-refractivity contribution in [2.24, 2.45) is 0 Å². The first-order valence-electron chi connectivity index (χ1n) is 4.74. The molecule has 3 nitrogen and oxygen atoms in total. The van der Waals surface area contributed by atoms with Gasteiger partial charge in [-0.3, -0.25) is 0 Å². The Morgan fingerprint density at radius 1 is 1.38 bits per heavy atom. The van der Waals surface area contributed by atoms with E-state index in [2.05, 4.69) is 36.1 Å². The molecule has 0 N–H and O–H groups in total. The van der Waals surface area contributed by atoms with E-state index in [9.17, 15) is 0 Å². The highest BCUT2D eigenvalue weighted by atomic mass is 15.3. The molecule has 0 atom stereocenters. The Morgan fingerprint density at radius 3 is 3.00 bits per heavy atom. The van der Waals surface area contributed by atoms with Crippen LogP contribution in [-0.2, 0) is 6.42 Å². The van der Waals surface area contributed by atoms with Gasteiger partial charge >= 0.3 is 0 Å². The second-order valence-electron chi connectivity index (χ2n) is 3.65. The lowest BCUT2D eigenvalue weighted by Crippen LogP contribution is -2.26. The molecule has 0 unspecified atom stereocenters. The first-order chi connectivity index (χ1) is 6.27. The summed E-state index contributed by atoms with van der Waals surface area (Å²) in [4.78, 5) is 2.33. The third-order valence-corrected chi connectivity index (χ3v) is 2.44. The van der Waals surface area contributed by atoms with Gasteiger partial charge in [0, 0.05) is 43.3 Å². The zero-order chi connectivity index (χ0) is 9.26. The molecular formula is C10H15N3. The van der Waals surface area contributed by atoms with Crippen molar-refractivity contribution in [2.45, 2.75) is 26.3 Å². The molecule has 13 heavy (non-hydrogen) atoms. The van der Waals surface area contributed by atoms with Crippen molar-refractivity contribution in [3.63, 3.8) is 0 Å². The molecule has 1 aliphatic rings. The Hall–Kier alpha value is -1.25. The van der Waals surface area contributed by atoms with Gasteiger partial charge in [-0.25, -0.2) is 4.68 Å². The predicted molar refractivity (Wildman–Crippen MR) is 53.1 cm³/mol. The van der Waals surface area contributed by atoms with Crippen LogP contribution in [0.5, 0.6) is 0 Å². The smallest absolute Gasteiger partial charge is 0.0496 e. The summed E-state index contributed by atoms with van der Waals surface area (Å²) in [7, 11) is 0. The highest BCUT2D eigenvalue weighted by Crippen LogP contribution is 2.10. The van der Waals surface area contributed by atoms with E-state index in [1.165, 1.54) is 5.69 Å². The maximum atomic E-state index is 4.21. The van der Waals surface area contributed by atoms with Gasteiger partial charge in [0.25, 0.3) is 0 Å². The van der Waals surface area contributed by atoms with Crippen molar-refractivity contribution >= 4 is 6.20 Å². The van der Waals surface area contributed by atoms with Gasteiger partial charge in [-0.2, -0.15) is 5.10 Å². The summed E-state index contributed by atoms with van der Waals surface area (Å²) in [5.74, 6) is 0. The second-order valence-corrected chi connectivity index (χ2v) is 3.65. The molecule has 1 aliphatic heterocycles. The molecule has 1 aromatic rings. The van der Waals surface area contributed by atoms with E-state index in [1.807, 2.05) is 17.1 Å². The third kappa shape index (κ3) is 1.59. The minimum absolute atomic E-state index is 0.570. The monoisotopic (exact) mass is 177 g/mol. The highest BCUT2D eigenvalue weighted by Gasteiger charge is 2.10. The lowest BCUT2D eigenvalue weighted by Gasteiger charge is -2.22. The molecule has 1 aromatic heterocycles. The molecule has 0 saturated heterocycles. The zero-order valence-electron chi connectivity index (χ0n) is 8.14. The van der Waals surface area contributed by atoms with Gasteiger partial charge < -0.3 is 4.90 Å². The van der Waals surface area contributed by atoms with Crippen molar-refractivity contribution in [1.82, 2.24) is 14.7 Å². The lowest BCUT2D eigenvalue weighted by atomic mass is 10.2. The van der Waals surface area contributed by atoms with E-state index in [0.29, 0.717) is 6.04 Å². The van der Waals surface area contributed by atoms with Crippen LogP contribution in [0.4, 0.5) is 0 Å². The van der Waals surface area contributed by atoms with E-state index < -0.39 is 0 Å². The van der Waals surface area contributed by atoms with E-state index in [4.69, 9.17) is 0 Å². The van der Waals surface area contributed by atoms with Gasteiger partial charge in [0.1, 0.15) is 0 Å². The molecule has 0 spiro atoms. The molecule has 0 aliphatic carbocycles. The van der Waals surface area contributed by atoms with Crippen molar-refractivity contribution in [3.8, 4) is 0 Å². The van der Waals surface area contributed by atoms with Gasteiger partial charge in [-0.15, -0.1) is 0 Å². The van der Waals surface area contributed by atoms with Crippen molar-refractivity contribution in [2.75, 3.05) is 6.54 Å². The van der Waals surface area contributed by atoms with Crippen LogP contribution < -0.4 is 0 Å². The summed E-state index contributed by atoms with van der Waals surface area (Å²) < 4.78 is 1.95. The van der Waals surface area contributed by atoms with Crippen LogP contribution in [0.1, 0.15) is 19.5 Å². The summed E-state index contributed by atoms with van der Waals surface area (Å²) in [5, 5.41) is 4.21. The largest absolute Gasteiger partial charge is 0.373 e. The minimum Gasteiger partial charge on any atom is -0.373 e. The minimum atomic E-state index is 0.570. The van der Waals surface area contributed by atoms with Gasteiger partial charge in [0.15, 0.2) is 0 Å². The van der Waals surface area contributed by atoms with Crippen LogP contribution in [0.3, 0.4) is 0 Å². The molecule has 0 saturated carbocycles. The molecule has 3 heteroatoms. The Kier molecular flexibility index (Phi) is 2.08. The fourth-order valence-electron chi connectivity index (χ4n) is 1.57. The Balaban J connectivity index is 2.20. The molecule has 2 rings (SSSR count). The van der Waals surface area contributed by atoms with Crippen LogP contribution in [0, 0.1) is 0 Å². The average molecular weight is 177 g/mol. The van der Waals surface area contributed by atoms with Crippen LogP contribution >= 0.6 is 0 Å². The number of hydrogen-bond acceptors (Lipinski definition) is 2. The summed E-state index contributed by atoms with van der Waals surface area (Å²) >= 11 is 0. The number of rotatable bonds is 1. The predicted octanol–water partition coefficient (Wildman–Crippen LogP) is 1.58. The molecule has 2 heterocycles. The average Bonchev–Trinajstić information content (AvgIpc) is 2.44. The molecule has 0 aromatic carbocycles. The van der Waals surface area contributed by atoms with Gasteiger partial charge in [0.05, 0.1) is 0 Å². The molecule has 0 radical (unpaired) electrons. The fourth-order valence-corrected chi connectivity index (χ4v) is 1.57. The first kappa shape index (κ1) is 8.35. The summed E-state index contributed by atoms with van der Waals surface area (Å²) in [6, 6.07) is 2.65. The maximum Gasteiger partial charge on any atom is 0.0496 e. The molecular weight excluding hydrogens is 162 g/mol. The highest BCUT2D eigenvalue weighted by molar-refractivity contribution is 5.26. The Bertz CT molecular complexity index is 312. The fraction of sp³-hybridized carbons (Fsp3) is 0.500. The van der Waals surface area contributed by atoms with E-state index >= 15 is 0 Å². The number of aromatic nitrogens is 2. The Labute approximate surface area is 78.7 Å².